The third-order valence-electron chi connectivity index (χ3n) is 2.25. The Hall–Kier alpha value is 0.157. The van der Waals surface area contributed by atoms with Crippen LogP contribution < -0.4 is 0 Å². The second-order valence-corrected chi connectivity index (χ2v) is 17.5. The van der Waals surface area contributed by atoms with Crippen molar-refractivity contribution >= 4 is 33.3 Å². The summed E-state index contributed by atoms with van der Waals surface area (Å²) in [5, 5.41) is 0. The van der Waals surface area contributed by atoms with E-state index in [1.165, 1.54) is 18.9 Å². The van der Waals surface area contributed by atoms with Crippen molar-refractivity contribution in [3.63, 3.8) is 0 Å². The van der Waals surface area contributed by atoms with E-state index in [9.17, 15) is 4.79 Å². The van der Waals surface area contributed by atoms with Crippen molar-refractivity contribution in [3.05, 3.63) is 12.2 Å². The van der Waals surface area contributed by atoms with Gasteiger partial charge in [0.25, 0.3) is 0 Å². The maximum Gasteiger partial charge on any atom is 0.333 e. The number of carbonyl (C=O) groups excluding carboxylic acids is 1. The monoisotopic (exact) mass is 354 g/mol. The van der Waals surface area contributed by atoms with Gasteiger partial charge >= 0.3 is 5.97 Å². The van der Waals surface area contributed by atoms with Crippen molar-refractivity contribution < 1.29 is 9.53 Å². The van der Waals surface area contributed by atoms with E-state index >= 15 is 0 Å². The Morgan fingerprint density at radius 3 is 2.31 bits per heavy atom. The van der Waals surface area contributed by atoms with Gasteiger partial charge in [0.05, 0.1) is 6.61 Å². The highest BCUT2D eigenvalue weighted by molar-refractivity contribution is 14.1. The molecule has 0 saturated carbocycles. The molecule has 0 radical (unpaired) electrons. The molecular formula is C12H23IO2Si. The van der Waals surface area contributed by atoms with Crippen LogP contribution in [-0.2, 0) is 9.53 Å². The number of carbonyl (C=O) groups is 1. The molecule has 16 heavy (non-hydrogen) atoms. The van der Waals surface area contributed by atoms with Crippen LogP contribution >= 0.6 is 21.8 Å². The van der Waals surface area contributed by atoms with E-state index in [4.69, 9.17) is 4.74 Å². The summed E-state index contributed by atoms with van der Waals surface area (Å²) >= 11 is 2.62. The minimum absolute atomic E-state index is 0.263. The van der Waals surface area contributed by atoms with Gasteiger partial charge in [0.2, 0.25) is 0 Å². The molecule has 0 rings (SSSR count). The number of rotatable bonds is 8. The molecule has 4 heteroatoms. The smallest absolute Gasteiger partial charge is 0.333 e. The molecule has 0 heterocycles. The zero-order valence-corrected chi connectivity index (χ0v) is 13.8. The quantitative estimate of drug-likeness (QED) is 0.162. The Labute approximate surface area is 113 Å². The van der Waals surface area contributed by atoms with E-state index in [2.05, 4.69) is 41.5 Å². The van der Waals surface area contributed by atoms with E-state index in [0.717, 1.165) is 12.8 Å². The Balaban J connectivity index is 3.29. The lowest BCUT2D eigenvalue weighted by molar-refractivity contribution is -0.139. The lowest BCUT2D eigenvalue weighted by Gasteiger charge is -2.12. The van der Waals surface area contributed by atoms with Crippen LogP contribution in [0.2, 0.25) is 19.1 Å². The summed E-state index contributed by atoms with van der Waals surface area (Å²) in [4.78, 5) is 11.0. The molecule has 2 nitrogen and oxygen atoms in total. The van der Waals surface area contributed by atoms with Crippen molar-refractivity contribution in [2.24, 2.45) is 0 Å². The van der Waals surface area contributed by atoms with Crippen molar-refractivity contribution in [2.45, 2.75) is 51.7 Å². The summed E-state index contributed by atoms with van der Waals surface area (Å²) in [6.45, 7) is 10.5. The molecule has 0 N–H and O–H groups in total. The molecule has 0 aliphatic heterocycles. The third-order valence-corrected chi connectivity index (χ3v) is 5.41. The van der Waals surface area contributed by atoms with Crippen molar-refractivity contribution in [1.29, 1.82) is 0 Å². The Bertz CT molecular complexity index is 234. The van der Waals surface area contributed by atoms with Gasteiger partial charge in [-0.1, -0.05) is 38.9 Å². The van der Waals surface area contributed by atoms with Gasteiger partial charge in [0.15, 0.2) is 0 Å². The van der Waals surface area contributed by atoms with Crippen LogP contribution in [0.4, 0.5) is 0 Å². The number of hydrogen-bond acceptors (Lipinski definition) is 2. The van der Waals surface area contributed by atoms with Crippen LogP contribution in [0.5, 0.6) is 0 Å². The highest BCUT2D eigenvalue weighted by atomic mass is 127. The average molecular weight is 354 g/mol. The van der Waals surface area contributed by atoms with Crippen molar-refractivity contribution in [1.82, 2.24) is 0 Å². The van der Waals surface area contributed by atoms with E-state index in [-0.39, 0.29) is 5.97 Å². The van der Waals surface area contributed by atoms with Crippen LogP contribution in [-0.4, -0.2) is 18.1 Å². The fourth-order valence-electron chi connectivity index (χ4n) is 1.29. The van der Waals surface area contributed by atoms with Gasteiger partial charge in [0, 0.05) is 5.57 Å². The largest absolute Gasteiger partial charge is 0.462 e. The van der Waals surface area contributed by atoms with Gasteiger partial charge in [-0.25, -0.2) is 4.79 Å². The fourth-order valence-corrected chi connectivity index (χ4v) is 3.52. The molecule has 0 fully saturated rings. The predicted octanol–water partition coefficient (Wildman–Crippen LogP) is 4.31. The maximum absolute atomic E-state index is 11.0. The zero-order chi connectivity index (χ0) is 12.6. The van der Waals surface area contributed by atoms with Gasteiger partial charge < -0.3 is 4.74 Å². The average Bonchev–Trinajstić information content (AvgIpc) is 2.14. The highest BCUT2D eigenvalue weighted by Gasteiger charge is 2.14. The molecule has 0 aromatic rings. The first-order valence-electron chi connectivity index (χ1n) is 5.84. The van der Waals surface area contributed by atoms with E-state index in [0.29, 0.717) is 12.2 Å². The molecule has 0 bridgehead atoms. The minimum Gasteiger partial charge on any atom is -0.462 e. The van der Waals surface area contributed by atoms with Crippen LogP contribution in [0.15, 0.2) is 12.2 Å². The van der Waals surface area contributed by atoms with Gasteiger partial charge in [0.1, 0.15) is 5.57 Å². The standard InChI is InChI=1S/C12H23IO2Si/c1-11(2)12(14)15-9-7-5-6-8-10-16(3,4)13/h1,5-10H2,2-4H3. The van der Waals surface area contributed by atoms with Crippen LogP contribution in [0.25, 0.3) is 0 Å². The summed E-state index contributed by atoms with van der Waals surface area (Å²) in [6, 6.07) is 1.39. The summed E-state index contributed by atoms with van der Waals surface area (Å²) in [5.41, 5.74) is -0.402. The van der Waals surface area contributed by atoms with Gasteiger partial charge in [-0.2, -0.15) is 0 Å². The molecule has 0 aliphatic rings. The first-order valence-corrected chi connectivity index (χ1v) is 12.2. The number of hydrogen-bond donors (Lipinski definition) is 0. The fraction of sp³-hybridized carbons (Fsp3) is 0.750. The van der Waals surface area contributed by atoms with Crippen molar-refractivity contribution in [3.8, 4) is 0 Å². The molecule has 0 aliphatic carbocycles. The van der Waals surface area contributed by atoms with Gasteiger partial charge in [-0.05, 0) is 19.4 Å². The molecule has 0 atom stereocenters. The Morgan fingerprint density at radius 2 is 1.81 bits per heavy atom. The number of ether oxygens (including phenoxy) is 1. The number of esters is 1. The third kappa shape index (κ3) is 10.7. The molecule has 0 amide bonds. The summed E-state index contributed by atoms with van der Waals surface area (Å²) < 4.78 is 5.02. The van der Waals surface area contributed by atoms with Crippen molar-refractivity contribution in [2.75, 3.05) is 6.61 Å². The minimum atomic E-state index is -0.885. The SMILES string of the molecule is C=C(C)C(=O)OCCCCCC[Si](C)(C)I. The summed E-state index contributed by atoms with van der Waals surface area (Å²) in [5.74, 6) is -0.263. The van der Waals surface area contributed by atoms with E-state index in [1.807, 2.05) is 0 Å². The van der Waals surface area contributed by atoms with E-state index in [1.54, 1.807) is 6.92 Å². The van der Waals surface area contributed by atoms with Crippen LogP contribution in [0, 0.1) is 0 Å². The van der Waals surface area contributed by atoms with Crippen LogP contribution in [0.3, 0.4) is 0 Å². The first kappa shape index (κ1) is 16.2. The molecule has 0 aromatic heterocycles. The number of halogens is 1. The molecule has 0 saturated heterocycles. The highest BCUT2D eigenvalue weighted by Crippen LogP contribution is 2.21. The lowest BCUT2D eigenvalue weighted by atomic mass is 10.2. The molecule has 94 valence electrons. The normalized spacial score (nSPS) is 11.2. The molecule has 0 unspecified atom stereocenters. The van der Waals surface area contributed by atoms with Gasteiger partial charge in [-0.15, -0.1) is 21.8 Å². The maximum atomic E-state index is 11.0. The first-order chi connectivity index (χ1) is 7.33. The van der Waals surface area contributed by atoms with Crippen LogP contribution in [0.1, 0.15) is 32.6 Å². The Morgan fingerprint density at radius 1 is 1.25 bits per heavy atom. The Kier molecular flexibility index (Phi) is 8.36. The van der Waals surface area contributed by atoms with Gasteiger partial charge in [-0.3, -0.25) is 0 Å². The topological polar surface area (TPSA) is 26.3 Å². The zero-order valence-electron chi connectivity index (χ0n) is 10.6. The second kappa shape index (κ2) is 8.28. The second-order valence-electron chi connectivity index (χ2n) is 4.80. The predicted molar refractivity (Wildman–Crippen MR) is 80.6 cm³/mol. The molecular weight excluding hydrogens is 331 g/mol. The lowest BCUT2D eigenvalue weighted by Crippen LogP contribution is -2.13. The molecule has 0 spiro atoms. The summed E-state index contributed by atoms with van der Waals surface area (Å²) in [7, 11) is 0. The molecule has 0 aromatic carbocycles. The summed E-state index contributed by atoms with van der Waals surface area (Å²) in [6.07, 6.45) is 4.70. The van der Waals surface area contributed by atoms with E-state index < -0.39 is 5.57 Å². The number of unbranched alkanes of at least 4 members (excludes halogenated alkanes) is 3.